The van der Waals surface area contributed by atoms with Crippen LogP contribution in [0.25, 0.3) is 89.5 Å². The maximum Gasteiger partial charge on any atom is 0.160 e. The minimum absolute atomic E-state index is 0.00964. The minimum atomic E-state index is 0.00964. The molecule has 0 N–H and O–H groups in total. The van der Waals surface area contributed by atoms with E-state index in [2.05, 4.69) is 176 Å². The van der Waals surface area contributed by atoms with Gasteiger partial charge in [-0.25, -0.2) is 9.97 Å². The first-order valence-electron chi connectivity index (χ1n) is 21.7. The third-order valence-corrected chi connectivity index (χ3v) is 13.2. The lowest BCUT2D eigenvalue weighted by atomic mass is 9.67. The summed E-state index contributed by atoms with van der Waals surface area (Å²) in [6.07, 6.45) is 6.03. The van der Waals surface area contributed by atoms with Crippen LogP contribution in [0, 0.1) is 11.3 Å². The van der Waals surface area contributed by atoms with Crippen LogP contribution in [0.4, 0.5) is 0 Å². The second kappa shape index (κ2) is 15.7. The summed E-state index contributed by atoms with van der Waals surface area (Å²) in [5.41, 5.74) is 20.6. The highest BCUT2D eigenvalue weighted by molar-refractivity contribution is 5.93. The number of hydrogen-bond acceptors (Lipinski definition) is 3. The molecule has 0 atom stereocenters. The summed E-state index contributed by atoms with van der Waals surface area (Å²) in [4.78, 5) is 10.1. The summed E-state index contributed by atoms with van der Waals surface area (Å²) in [5, 5.41) is 9.80. The Morgan fingerprint density at radius 2 is 0.839 bits per heavy atom. The maximum absolute atomic E-state index is 9.80. The quantitative estimate of drug-likeness (QED) is 0.161. The lowest BCUT2D eigenvalue weighted by Crippen LogP contribution is -2.28. The van der Waals surface area contributed by atoms with Crippen molar-refractivity contribution in [1.82, 2.24) is 9.97 Å². The minimum Gasteiger partial charge on any atom is -0.228 e. The number of hydrogen-bond donors (Lipinski definition) is 0. The van der Waals surface area contributed by atoms with Crippen molar-refractivity contribution in [3.8, 4) is 95.6 Å². The second-order valence-corrected chi connectivity index (χ2v) is 16.7. The molecule has 8 aromatic carbocycles. The van der Waals surface area contributed by atoms with E-state index in [0.717, 1.165) is 52.0 Å². The third kappa shape index (κ3) is 6.71. The summed E-state index contributed by atoms with van der Waals surface area (Å²) in [5.74, 6) is 0.707. The Hall–Kier alpha value is -7.67. The fraction of sp³-hybridized carbons (Fsp3) is 0.102. The van der Waals surface area contributed by atoms with Crippen molar-refractivity contribution >= 4 is 0 Å². The molecule has 2 aliphatic carbocycles. The van der Waals surface area contributed by atoms with Gasteiger partial charge in [0.05, 0.1) is 23.0 Å². The number of rotatable bonds is 7. The molecule has 0 saturated heterocycles. The summed E-state index contributed by atoms with van der Waals surface area (Å²) in [6, 6.07) is 73.6. The molecule has 1 heterocycles. The third-order valence-electron chi connectivity index (χ3n) is 13.2. The van der Waals surface area contributed by atoms with Crippen LogP contribution in [-0.4, -0.2) is 9.97 Å². The molecule has 1 fully saturated rings. The Morgan fingerprint density at radius 3 is 1.35 bits per heavy atom. The van der Waals surface area contributed by atoms with Gasteiger partial charge in [-0.15, -0.1) is 0 Å². The van der Waals surface area contributed by atoms with Gasteiger partial charge in [-0.2, -0.15) is 5.26 Å². The SMILES string of the molecule is N#Cc1ccc2c(c1)C1(CCCCC1)c1cccc(-c3ccc(-c4ccc(-c5ccc(-c6cc(-c7ccc(-c8ccccc8)cc7)nc(-c7ccccc7)n6)cc5)cc4)cc3)c1-2. The molecule has 1 spiro atoms. The maximum atomic E-state index is 9.80. The fourth-order valence-electron chi connectivity index (χ4n) is 10.0. The van der Waals surface area contributed by atoms with Crippen molar-refractivity contribution in [2.45, 2.75) is 37.5 Å². The molecule has 9 aromatic rings. The van der Waals surface area contributed by atoms with Crippen LogP contribution in [0.2, 0.25) is 0 Å². The predicted octanol–water partition coefficient (Wildman–Crippen LogP) is 15.2. The van der Waals surface area contributed by atoms with Gasteiger partial charge >= 0.3 is 0 Å². The molecule has 0 unspecified atom stereocenters. The average Bonchev–Trinajstić information content (AvgIpc) is 3.62. The number of aromatic nitrogens is 2. The van der Waals surface area contributed by atoms with E-state index in [0.29, 0.717) is 5.82 Å². The van der Waals surface area contributed by atoms with E-state index in [1.54, 1.807) is 0 Å². The molecule has 3 nitrogen and oxygen atoms in total. The zero-order valence-corrected chi connectivity index (χ0v) is 34.4. The highest BCUT2D eigenvalue weighted by Gasteiger charge is 2.44. The van der Waals surface area contributed by atoms with Crippen LogP contribution >= 0.6 is 0 Å². The smallest absolute Gasteiger partial charge is 0.160 e. The van der Waals surface area contributed by atoms with Gasteiger partial charge in [-0.3, -0.25) is 0 Å². The molecule has 1 saturated carbocycles. The van der Waals surface area contributed by atoms with E-state index >= 15 is 0 Å². The molecule has 0 aliphatic heterocycles. The van der Waals surface area contributed by atoms with Gasteiger partial charge in [0, 0.05) is 22.1 Å². The van der Waals surface area contributed by atoms with Gasteiger partial charge in [-0.1, -0.05) is 201 Å². The largest absolute Gasteiger partial charge is 0.228 e. The van der Waals surface area contributed by atoms with Crippen molar-refractivity contribution in [3.05, 3.63) is 217 Å². The lowest BCUT2D eigenvalue weighted by molar-refractivity contribution is 0.353. The van der Waals surface area contributed by atoms with Crippen LogP contribution in [0.15, 0.2) is 200 Å². The van der Waals surface area contributed by atoms with Crippen molar-refractivity contribution in [2.75, 3.05) is 0 Å². The van der Waals surface area contributed by atoms with Crippen molar-refractivity contribution < 1.29 is 0 Å². The highest BCUT2D eigenvalue weighted by Crippen LogP contribution is 2.58. The molecule has 2 aliphatic rings. The van der Waals surface area contributed by atoms with Crippen LogP contribution in [0.1, 0.15) is 48.8 Å². The Kier molecular flexibility index (Phi) is 9.48. The first-order valence-corrected chi connectivity index (χ1v) is 21.7. The molecule has 62 heavy (non-hydrogen) atoms. The summed E-state index contributed by atoms with van der Waals surface area (Å²) in [6.45, 7) is 0. The topological polar surface area (TPSA) is 49.6 Å². The van der Waals surface area contributed by atoms with Gasteiger partial charge in [0.2, 0.25) is 0 Å². The zero-order chi connectivity index (χ0) is 41.5. The first kappa shape index (κ1) is 37.3. The molecule has 0 radical (unpaired) electrons. The first-order chi connectivity index (χ1) is 30.6. The van der Waals surface area contributed by atoms with E-state index in [1.165, 1.54) is 80.5 Å². The van der Waals surface area contributed by atoms with Crippen molar-refractivity contribution in [3.63, 3.8) is 0 Å². The molecule has 294 valence electrons. The van der Waals surface area contributed by atoms with E-state index in [-0.39, 0.29) is 5.41 Å². The number of fused-ring (bicyclic) bond motifs is 5. The van der Waals surface area contributed by atoms with Crippen LogP contribution < -0.4 is 0 Å². The molecule has 0 amide bonds. The molecular formula is C59H43N3. The standard InChI is InChI=1S/C59H43N3/c60-39-40-17-34-52-54(37-40)59(35-8-3-9-36-59)53-16-10-15-51(57(52)53)47-28-22-45(23-29-47)43-18-20-44(21-19-43)46-26-32-49(33-27-46)56-38-55(61-58(62-56)50-13-6-2-7-14-50)48-30-24-42(25-31-48)41-11-4-1-5-12-41/h1-2,4-7,10-34,37-38H,3,8-9,35-36H2. The number of nitriles is 1. The molecular weight excluding hydrogens is 751 g/mol. The van der Waals surface area contributed by atoms with E-state index in [9.17, 15) is 5.26 Å². The van der Waals surface area contributed by atoms with E-state index < -0.39 is 0 Å². The van der Waals surface area contributed by atoms with Crippen molar-refractivity contribution in [2.24, 2.45) is 0 Å². The fourth-order valence-corrected chi connectivity index (χ4v) is 10.0. The molecule has 0 bridgehead atoms. The number of nitrogens with zero attached hydrogens (tertiary/aromatic N) is 3. The van der Waals surface area contributed by atoms with Gasteiger partial charge in [0.15, 0.2) is 5.82 Å². The summed E-state index contributed by atoms with van der Waals surface area (Å²) in [7, 11) is 0. The Balaban J connectivity index is 0.855. The van der Waals surface area contributed by atoms with Gasteiger partial charge in [0.1, 0.15) is 0 Å². The van der Waals surface area contributed by atoms with Crippen LogP contribution in [-0.2, 0) is 5.41 Å². The normalized spacial score (nSPS) is 13.6. The van der Waals surface area contributed by atoms with Crippen LogP contribution in [0.3, 0.4) is 0 Å². The van der Waals surface area contributed by atoms with Crippen LogP contribution in [0.5, 0.6) is 0 Å². The molecule has 11 rings (SSSR count). The highest BCUT2D eigenvalue weighted by atomic mass is 14.9. The van der Waals surface area contributed by atoms with Gasteiger partial charge in [0.25, 0.3) is 0 Å². The Bertz CT molecular complexity index is 3100. The lowest BCUT2D eigenvalue weighted by Gasteiger charge is -2.36. The van der Waals surface area contributed by atoms with Gasteiger partial charge < -0.3 is 0 Å². The van der Waals surface area contributed by atoms with E-state index in [1.807, 2.05) is 30.3 Å². The van der Waals surface area contributed by atoms with Crippen molar-refractivity contribution in [1.29, 1.82) is 5.26 Å². The monoisotopic (exact) mass is 793 g/mol. The molecule has 1 aromatic heterocycles. The zero-order valence-electron chi connectivity index (χ0n) is 34.4. The Morgan fingerprint density at radius 1 is 0.371 bits per heavy atom. The molecule has 3 heteroatoms. The Labute approximate surface area is 363 Å². The van der Waals surface area contributed by atoms with Gasteiger partial charge in [-0.05, 0) is 97.8 Å². The summed E-state index contributed by atoms with van der Waals surface area (Å²) < 4.78 is 0. The second-order valence-electron chi connectivity index (χ2n) is 16.7. The number of benzene rings is 8. The predicted molar refractivity (Wildman–Crippen MR) is 254 cm³/mol. The van der Waals surface area contributed by atoms with E-state index in [4.69, 9.17) is 9.97 Å². The average molecular weight is 794 g/mol. The summed E-state index contributed by atoms with van der Waals surface area (Å²) >= 11 is 0.